The smallest absolute Gasteiger partial charge is 0.337 e. The molecule has 1 N–H and O–H groups in total. The van der Waals surface area contributed by atoms with Crippen molar-refractivity contribution in [1.82, 2.24) is 10.2 Å². The number of ether oxygens (including phenoxy) is 1. The van der Waals surface area contributed by atoms with E-state index in [4.69, 9.17) is 4.74 Å². The molecule has 1 aliphatic heterocycles. The highest BCUT2D eigenvalue weighted by atomic mass is 19.2. The number of nitrogens with zero attached hydrogens (tertiary/aromatic N) is 1. The van der Waals surface area contributed by atoms with Gasteiger partial charge in [0.1, 0.15) is 0 Å². The van der Waals surface area contributed by atoms with E-state index in [0.29, 0.717) is 5.70 Å². The van der Waals surface area contributed by atoms with Crippen molar-refractivity contribution in [2.75, 3.05) is 7.11 Å². The monoisotopic (exact) mass is 322 g/mol. The first-order valence-corrected chi connectivity index (χ1v) is 7.27. The van der Waals surface area contributed by atoms with E-state index >= 15 is 0 Å². The minimum absolute atomic E-state index is 0.0700. The van der Waals surface area contributed by atoms with Gasteiger partial charge in [-0.15, -0.1) is 0 Å². The third kappa shape index (κ3) is 2.67. The Bertz CT molecular complexity index is 713. The third-order valence-corrected chi connectivity index (χ3v) is 4.12. The van der Waals surface area contributed by atoms with E-state index in [1.54, 1.807) is 6.92 Å². The number of urea groups is 1. The molecule has 1 aliphatic carbocycles. The van der Waals surface area contributed by atoms with Gasteiger partial charge in [-0.25, -0.2) is 18.4 Å². The Hall–Kier alpha value is -2.44. The quantitative estimate of drug-likeness (QED) is 0.870. The van der Waals surface area contributed by atoms with Gasteiger partial charge in [0.25, 0.3) is 0 Å². The first kappa shape index (κ1) is 15.5. The van der Waals surface area contributed by atoms with Crippen LogP contribution in [0.5, 0.6) is 0 Å². The van der Waals surface area contributed by atoms with Crippen molar-refractivity contribution in [2.45, 2.75) is 31.8 Å². The molecule has 1 aromatic rings. The predicted molar refractivity (Wildman–Crippen MR) is 77.2 cm³/mol. The summed E-state index contributed by atoms with van der Waals surface area (Å²) in [5, 5.41) is 2.69. The standard InChI is InChI=1S/C16H16F2N2O3/c1-8-13(15(21)23-2)14(9-3-6-11(17)12(18)7-9)19-16(22)20(8)10-4-5-10/h3,6-7,10,14H,4-5H2,1-2H3,(H,19,22). The molecule has 122 valence electrons. The molecule has 1 unspecified atom stereocenters. The van der Waals surface area contributed by atoms with Crippen LogP contribution in [-0.4, -0.2) is 30.1 Å². The lowest BCUT2D eigenvalue weighted by Crippen LogP contribution is -2.48. The number of amides is 2. The van der Waals surface area contributed by atoms with E-state index in [1.807, 2.05) is 0 Å². The number of allylic oxidation sites excluding steroid dienone is 1. The molecule has 5 nitrogen and oxygen atoms in total. The largest absolute Gasteiger partial charge is 0.466 e. The Morgan fingerprint density at radius 3 is 2.57 bits per heavy atom. The van der Waals surface area contributed by atoms with Crippen molar-refractivity contribution in [1.29, 1.82) is 0 Å². The molecule has 3 rings (SSSR count). The number of rotatable bonds is 3. The average Bonchev–Trinajstić information content (AvgIpc) is 3.33. The molecule has 1 fully saturated rings. The molecule has 0 radical (unpaired) electrons. The van der Waals surface area contributed by atoms with Crippen LogP contribution in [0, 0.1) is 11.6 Å². The molecule has 7 heteroatoms. The molecule has 2 amide bonds. The SMILES string of the molecule is COC(=O)C1=C(C)N(C2CC2)C(=O)NC1c1ccc(F)c(F)c1. The van der Waals surface area contributed by atoms with Crippen molar-refractivity contribution in [2.24, 2.45) is 0 Å². The Morgan fingerprint density at radius 1 is 1.30 bits per heavy atom. The predicted octanol–water partition coefficient (Wildman–Crippen LogP) is 2.64. The molecule has 1 aromatic carbocycles. The molecule has 1 atom stereocenters. The van der Waals surface area contributed by atoms with E-state index < -0.39 is 23.6 Å². The summed E-state index contributed by atoms with van der Waals surface area (Å²) in [4.78, 5) is 26.1. The van der Waals surface area contributed by atoms with Crippen LogP contribution in [0.4, 0.5) is 13.6 Å². The van der Waals surface area contributed by atoms with E-state index in [2.05, 4.69) is 5.32 Å². The fraction of sp³-hybridized carbons (Fsp3) is 0.375. The second-order valence-corrected chi connectivity index (χ2v) is 5.65. The number of carbonyl (C=O) groups excluding carboxylic acids is 2. The van der Waals surface area contributed by atoms with Crippen molar-refractivity contribution in [3.05, 3.63) is 46.7 Å². The van der Waals surface area contributed by atoms with Gasteiger partial charge in [0.05, 0.1) is 18.7 Å². The first-order chi connectivity index (χ1) is 10.9. The van der Waals surface area contributed by atoms with Crippen LogP contribution in [-0.2, 0) is 9.53 Å². The van der Waals surface area contributed by atoms with Gasteiger partial charge in [0, 0.05) is 11.7 Å². The fourth-order valence-electron chi connectivity index (χ4n) is 2.85. The zero-order valence-electron chi connectivity index (χ0n) is 12.7. The average molecular weight is 322 g/mol. The summed E-state index contributed by atoms with van der Waals surface area (Å²) >= 11 is 0. The lowest BCUT2D eigenvalue weighted by atomic mass is 9.94. The number of hydrogen-bond donors (Lipinski definition) is 1. The topological polar surface area (TPSA) is 58.6 Å². The summed E-state index contributed by atoms with van der Waals surface area (Å²) in [6, 6.07) is 2.12. The van der Waals surface area contributed by atoms with Crippen molar-refractivity contribution < 1.29 is 23.1 Å². The normalized spacial score (nSPS) is 21.3. The van der Waals surface area contributed by atoms with Gasteiger partial charge in [-0.3, -0.25) is 4.90 Å². The molecule has 2 aliphatic rings. The highest BCUT2D eigenvalue weighted by Gasteiger charge is 2.42. The lowest BCUT2D eigenvalue weighted by molar-refractivity contribution is -0.136. The molecular weight excluding hydrogens is 306 g/mol. The molecule has 0 spiro atoms. The molecular formula is C16H16F2N2O3. The van der Waals surface area contributed by atoms with Crippen LogP contribution in [0.2, 0.25) is 0 Å². The number of halogens is 2. The summed E-state index contributed by atoms with van der Waals surface area (Å²) in [6.07, 6.45) is 1.74. The number of esters is 1. The zero-order valence-corrected chi connectivity index (χ0v) is 12.7. The van der Waals surface area contributed by atoms with Gasteiger partial charge in [-0.05, 0) is 37.5 Å². The maximum Gasteiger partial charge on any atom is 0.337 e. The van der Waals surface area contributed by atoms with Gasteiger partial charge in [0.15, 0.2) is 11.6 Å². The highest BCUT2D eigenvalue weighted by Crippen LogP contribution is 2.38. The molecule has 0 saturated heterocycles. The second-order valence-electron chi connectivity index (χ2n) is 5.65. The van der Waals surface area contributed by atoms with Gasteiger partial charge >= 0.3 is 12.0 Å². The Balaban J connectivity index is 2.08. The fourth-order valence-corrected chi connectivity index (χ4v) is 2.85. The van der Waals surface area contributed by atoms with Crippen LogP contribution < -0.4 is 5.32 Å². The van der Waals surface area contributed by atoms with E-state index in [9.17, 15) is 18.4 Å². The van der Waals surface area contributed by atoms with Gasteiger partial charge < -0.3 is 10.1 Å². The van der Waals surface area contributed by atoms with Gasteiger partial charge in [-0.2, -0.15) is 0 Å². The maximum absolute atomic E-state index is 13.5. The maximum atomic E-state index is 13.5. The Morgan fingerprint density at radius 2 is 2.00 bits per heavy atom. The number of methoxy groups -OCH3 is 1. The van der Waals surface area contributed by atoms with E-state index in [-0.39, 0.29) is 23.2 Å². The minimum Gasteiger partial charge on any atom is -0.466 e. The number of carbonyl (C=O) groups is 2. The van der Waals surface area contributed by atoms with Crippen molar-refractivity contribution >= 4 is 12.0 Å². The van der Waals surface area contributed by atoms with Crippen LogP contribution in [0.3, 0.4) is 0 Å². The summed E-state index contributed by atoms with van der Waals surface area (Å²) in [7, 11) is 1.24. The molecule has 0 aromatic heterocycles. The van der Waals surface area contributed by atoms with Crippen LogP contribution in [0.15, 0.2) is 29.5 Å². The van der Waals surface area contributed by atoms with Crippen LogP contribution >= 0.6 is 0 Å². The van der Waals surface area contributed by atoms with Crippen molar-refractivity contribution in [3.8, 4) is 0 Å². The molecule has 0 bridgehead atoms. The highest BCUT2D eigenvalue weighted by molar-refractivity contribution is 5.95. The minimum atomic E-state index is -1.04. The Kier molecular flexibility index (Phi) is 3.79. The van der Waals surface area contributed by atoms with Crippen LogP contribution in [0.1, 0.15) is 31.4 Å². The summed E-state index contributed by atoms with van der Waals surface area (Å²) in [6.45, 7) is 1.66. The van der Waals surface area contributed by atoms with Gasteiger partial charge in [0.2, 0.25) is 0 Å². The van der Waals surface area contributed by atoms with E-state index in [1.165, 1.54) is 18.1 Å². The molecule has 1 heterocycles. The zero-order chi connectivity index (χ0) is 16.7. The summed E-state index contributed by atoms with van der Waals surface area (Å²) < 4.78 is 31.5. The van der Waals surface area contributed by atoms with Gasteiger partial charge in [-0.1, -0.05) is 6.07 Å². The van der Waals surface area contributed by atoms with Crippen LogP contribution in [0.25, 0.3) is 0 Å². The molecule has 1 saturated carbocycles. The van der Waals surface area contributed by atoms with Crippen molar-refractivity contribution in [3.63, 3.8) is 0 Å². The Labute approximate surface area is 131 Å². The van der Waals surface area contributed by atoms with E-state index in [0.717, 1.165) is 25.0 Å². The molecule has 23 heavy (non-hydrogen) atoms. The second kappa shape index (κ2) is 5.64. The lowest BCUT2D eigenvalue weighted by Gasteiger charge is -2.35. The summed E-state index contributed by atoms with van der Waals surface area (Å²) in [5.41, 5.74) is 0.996. The summed E-state index contributed by atoms with van der Waals surface area (Å²) in [5.74, 6) is -2.64. The number of benzene rings is 1. The third-order valence-electron chi connectivity index (χ3n) is 4.12. The first-order valence-electron chi connectivity index (χ1n) is 7.27. The number of hydrogen-bond acceptors (Lipinski definition) is 3. The number of nitrogens with one attached hydrogen (secondary N) is 1.